The van der Waals surface area contributed by atoms with Gasteiger partial charge in [-0.25, -0.2) is 0 Å². The first kappa shape index (κ1) is 12.9. The Morgan fingerprint density at radius 1 is 1.13 bits per heavy atom. The van der Waals surface area contributed by atoms with Crippen molar-refractivity contribution >= 4 is 30.4 Å². The summed E-state index contributed by atoms with van der Waals surface area (Å²) in [5, 5.41) is 2.06. The molecule has 0 saturated heterocycles. The molecule has 0 saturated carbocycles. The summed E-state index contributed by atoms with van der Waals surface area (Å²) in [4.78, 5) is 0. The van der Waals surface area contributed by atoms with Crippen LogP contribution in [0.4, 0.5) is 0 Å². The van der Waals surface area contributed by atoms with E-state index in [2.05, 4.69) is 28.1 Å². The molecule has 0 spiro atoms. The van der Waals surface area contributed by atoms with Gasteiger partial charge < -0.3 is 8.85 Å². The molecule has 0 fully saturated rings. The van der Waals surface area contributed by atoms with E-state index in [-0.39, 0.29) is 0 Å². The van der Waals surface area contributed by atoms with Crippen LogP contribution in [0.2, 0.25) is 0 Å². The van der Waals surface area contributed by atoms with E-state index in [4.69, 9.17) is 8.85 Å². The number of benzene rings is 1. The van der Waals surface area contributed by atoms with Gasteiger partial charge in [0.15, 0.2) is 0 Å². The van der Waals surface area contributed by atoms with Gasteiger partial charge >= 0.3 is 9.28 Å². The topological polar surface area (TPSA) is 18.5 Å². The van der Waals surface area contributed by atoms with Crippen LogP contribution in [0.25, 0.3) is 0 Å². The van der Waals surface area contributed by atoms with Crippen LogP contribution in [-0.4, -0.2) is 22.5 Å². The summed E-state index contributed by atoms with van der Waals surface area (Å²) in [7, 11) is -1.30. The lowest BCUT2D eigenvalue weighted by Crippen LogP contribution is -2.39. The number of alkyl halides is 1. The largest absolute Gasteiger partial charge is 0.423 e. The van der Waals surface area contributed by atoms with Gasteiger partial charge in [0.1, 0.15) is 0 Å². The smallest absolute Gasteiger partial charge is 0.390 e. The monoisotopic (exact) mass is 287 g/mol. The molecule has 4 heteroatoms. The Labute approximate surface area is 102 Å². The van der Waals surface area contributed by atoms with Crippen molar-refractivity contribution in [3.8, 4) is 0 Å². The zero-order chi connectivity index (χ0) is 11.1. The van der Waals surface area contributed by atoms with E-state index in [1.165, 1.54) is 10.8 Å². The lowest BCUT2D eigenvalue weighted by molar-refractivity contribution is 0.225. The summed E-state index contributed by atoms with van der Waals surface area (Å²) >= 11 is 3.48. The molecule has 0 bridgehead atoms. The van der Waals surface area contributed by atoms with Crippen molar-refractivity contribution in [2.75, 3.05) is 13.2 Å². The normalized spacial score (nSPS) is 10.9. The maximum absolute atomic E-state index is 5.67. The van der Waals surface area contributed by atoms with E-state index in [1.54, 1.807) is 0 Å². The van der Waals surface area contributed by atoms with Crippen molar-refractivity contribution in [2.24, 2.45) is 0 Å². The molecule has 15 heavy (non-hydrogen) atoms. The highest BCUT2D eigenvalue weighted by Crippen LogP contribution is 2.05. The Morgan fingerprint density at radius 3 is 2.27 bits per heavy atom. The van der Waals surface area contributed by atoms with Gasteiger partial charge in [-0.1, -0.05) is 40.2 Å². The highest BCUT2D eigenvalue weighted by atomic mass is 79.9. The summed E-state index contributed by atoms with van der Waals surface area (Å²) in [6, 6.07) is 8.27. The van der Waals surface area contributed by atoms with E-state index in [9.17, 15) is 0 Å². The molecule has 0 N–H and O–H groups in total. The maximum atomic E-state index is 5.67. The Kier molecular flexibility index (Phi) is 6.17. The molecule has 0 heterocycles. The van der Waals surface area contributed by atoms with Crippen molar-refractivity contribution in [1.82, 2.24) is 0 Å². The molecule has 1 aromatic rings. The van der Waals surface area contributed by atoms with Gasteiger partial charge in [0, 0.05) is 18.5 Å². The highest BCUT2D eigenvalue weighted by molar-refractivity contribution is 9.08. The molecular formula is C11H16BrO2Si. The van der Waals surface area contributed by atoms with Crippen LogP contribution in [0.3, 0.4) is 0 Å². The number of halogens is 1. The summed E-state index contributed by atoms with van der Waals surface area (Å²) in [6.45, 7) is 5.40. The molecule has 0 aliphatic carbocycles. The molecule has 1 rings (SSSR count). The van der Waals surface area contributed by atoms with Gasteiger partial charge in [-0.2, -0.15) is 0 Å². The highest BCUT2D eigenvalue weighted by Gasteiger charge is 2.20. The minimum Gasteiger partial charge on any atom is -0.390 e. The van der Waals surface area contributed by atoms with E-state index >= 15 is 0 Å². The molecule has 2 nitrogen and oxygen atoms in total. The van der Waals surface area contributed by atoms with Gasteiger partial charge in [0.25, 0.3) is 0 Å². The molecule has 0 atom stereocenters. The van der Waals surface area contributed by atoms with E-state index in [0.29, 0.717) is 13.2 Å². The molecule has 0 aliphatic rings. The van der Waals surface area contributed by atoms with Crippen molar-refractivity contribution in [1.29, 1.82) is 0 Å². The van der Waals surface area contributed by atoms with Crippen LogP contribution in [0.5, 0.6) is 0 Å². The van der Waals surface area contributed by atoms with E-state index in [0.717, 1.165) is 5.33 Å². The van der Waals surface area contributed by atoms with E-state index in [1.807, 2.05) is 26.0 Å². The molecule has 0 aliphatic heterocycles. The Bertz CT molecular complexity index is 288. The average Bonchev–Trinajstić information content (AvgIpc) is 2.29. The summed E-state index contributed by atoms with van der Waals surface area (Å²) in [5.41, 5.74) is 1.26. The van der Waals surface area contributed by atoms with E-state index < -0.39 is 9.28 Å². The molecule has 0 amide bonds. The molecular weight excluding hydrogens is 272 g/mol. The van der Waals surface area contributed by atoms with Crippen LogP contribution in [-0.2, 0) is 14.2 Å². The van der Waals surface area contributed by atoms with Crippen LogP contribution >= 0.6 is 15.9 Å². The molecule has 83 valence electrons. The molecule has 1 aromatic carbocycles. The Morgan fingerprint density at radius 2 is 1.73 bits per heavy atom. The van der Waals surface area contributed by atoms with Crippen LogP contribution in [0.1, 0.15) is 19.4 Å². The first-order chi connectivity index (χ1) is 7.33. The number of rotatable bonds is 6. The minimum absolute atomic E-state index is 0.699. The first-order valence-corrected chi connectivity index (χ1v) is 7.54. The quantitative estimate of drug-likeness (QED) is 0.591. The van der Waals surface area contributed by atoms with Crippen molar-refractivity contribution in [3.05, 3.63) is 29.8 Å². The second kappa shape index (κ2) is 7.17. The number of hydrogen-bond donors (Lipinski definition) is 0. The second-order valence-corrected chi connectivity index (χ2v) is 5.20. The number of hydrogen-bond acceptors (Lipinski definition) is 2. The second-order valence-electron chi connectivity index (χ2n) is 2.94. The molecule has 0 unspecified atom stereocenters. The lowest BCUT2D eigenvalue weighted by atomic mass is 10.2. The Balaban J connectivity index is 2.88. The van der Waals surface area contributed by atoms with Crippen LogP contribution < -0.4 is 5.19 Å². The fourth-order valence-electron chi connectivity index (χ4n) is 1.30. The molecule has 0 aromatic heterocycles. The lowest BCUT2D eigenvalue weighted by Gasteiger charge is -2.15. The maximum Gasteiger partial charge on any atom is 0.423 e. The summed E-state index contributed by atoms with van der Waals surface area (Å²) < 4.78 is 11.3. The van der Waals surface area contributed by atoms with Gasteiger partial charge in [-0.15, -0.1) is 0 Å². The zero-order valence-electron chi connectivity index (χ0n) is 9.13. The van der Waals surface area contributed by atoms with Crippen molar-refractivity contribution in [2.45, 2.75) is 19.2 Å². The first-order valence-electron chi connectivity index (χ1n) is 5.10. The van der Waals surface area contributed by atoms with Gasteiger partial charge in [0.05, 0.1) is 0 Å². The summed E-state index contributed by atoms with van der Waals surface area (Å²) in [5.74, 6) is 0. The predicted octanol–water partition coefficient (Wildman–Crippen LogP) is 2.35. The third-order valence-electron chi connectivity index (χ3n) is 1.93. The van der Waals surface area contributed by atoms with Crippen molar-refractivity contribution in [3.63, 3.8) is 0 Å². The average molecular weight is 288 g/mol. The van der Waals surface area contributed by atoms with Crippen LogP contribution in [0.15, 0.2) is 24.3 Å². The van der Waals surface area contributed by atoms with Gasteiger partial charge in [0.2, 0.25) is 0 Å². The third-order valence-corrected chi connectivity index (χ3v) is 4.57. The zero-order valence-corrected chi connectivity index (χ0v) is 11.7. The SMILES string of the molecule is CCO[Si](OCC)c1ccccc1CBr. The molecule has 1 radical (unpaired) electrons. The fourth-order valence-corrected chi connectivity index (χ4v) is 3.63. The van der Waals surface area contributed by atoms with Crippen molar-refractivity contribution < 1.29 is 8.85 Å². The predicted molar refractivity (Wildman–Crippen MR) is 67.7 cm³/mol. The summed E-state index contributed by atoms with van der Waals surface area (Å²) in [6.07, 6.45) is 0. The standard InChI is InChI=1S/C11H16BrO2Si/c1-3-13-15(14-4-2)11-8-6-5-7-10(11)9-12/h5-8H,3-4,9H2,1-2H3. The van der Waals surface area contributed by atoms with Crippen LogP contribution in [0, 0.1) is 0 Å². The fraction of sp³-hybridized carbons (Fsp3) is 0.455. The van der Waals surface area contributed by atoms with Gasteiger partial charge in [-0.3, -0.25) is 0 Å². The third kappa shape index (κ3) is 3.72. The van der Waals surface area contributed by atoms with Gasteiger partial charge in [-0.05, 0) is 24.6 Å². The Hall–Kier alpha value is -0.163. The minimum atomic E-state index is -1.30.